The number of ether oxygens (including phenoxy) is 2. The van der Waals surface area contributed by atoms with Gasteiger partial charge in [-0.05, 0) is 50.5 Å². The molecule has 0 aromatic carbocycles. The molecule has 0 saturated carbocycles. The lowest BCUT2D eigenvalue weighted by atomic mass is 9.81. The Morgan fingerprint density at radius 1 is 1.32 bits per heavy atom. The highest BCUT2D eigenvalue weighted by molar-refractivity contribution is 7.12. The fraction of sp³-hybridized carbons (Fsp3) is 0.708. The average Bonchev–Trinajstić information content (AvgIpc) is 3.54. The zero-order chi connectivity index (χ0) is 23.9. The monoisotopic (exact) mass is 499 g/mol. The number of fused-ring (bicyclic) bond motifs is 2. The topological polar surface area (TPSA) is 59.8 Å². The average molecular weight is 500 g/mol. The van der Waals surface area contributed by atoms with E-state index in [1.807, 2.05) is 10.9 Å². The van der Waals surface area contributed by atoms with Gasteiger partial charge in [-0.15, -0.1) is 11.3 Å². The number of halogens is 3. The van der Waals surface area contributed by atoms with E-state index in [4.69, 9.17) is 9.47 Å². The van der Waals surface area contributed by atoms with E-state index in [-0.39, 0.29) is 11.6 Å². The predicted molar refractivity (Wildman–Crippen MR) is 121 cm³/mol. The van der Waals surface area contributed by atoms with Crippen molar-refractivity contribution >= 4 is 11.3 Å². The van der Waals surface area contributed by atoms with E-state index in [1.165, 1.54) is 0 Å². The Balaban J connectivity index is 1.26. The number of likely N-dealkylation sites (tertiary alicyclic amines) is 1. The van der Waals surface area contributed by atoms with E-state index in [0.717, 1.165) is 62.6 Å². The number of hydrogen-bond acceptors (Lipinski definition) is 6. The molecular formula is C24H32F3N3O3S. The van der Waals surface area contributed by atoms with E-state index >= 15 is 0 Å². The molecule has 3 aliphatic rings. The standard InChI is InChI=1S/C24H32F3N3O3S/c1-16-10-23(21-19(4-9-33-23)20(14-31)22(34-21)24(25,26)27)5-7-29(16)12-18-11-28-30(13-18)6-2-17-3-8-32-15-17/h11,13,16-17,31H,2-10,12,14-15H2,1H3/t16-,17?,23+/m0/s1. The van der Waals surface area contributed by atoms with Crippen molar-refractivity contribution in [2.75, 3.05) is 26.4 Å². The largest absolute Gasteiger partial charge is 0.425 e. The highest BCUT2D eigenvalue weighted by atomic mass is 32.1. The summed E-state index contributed by atoms with van der Waals surface area (Å²) < 4.78 is 54.6. The molecule has 2 aromatic heterocycles. The van der Waals surface area contributed by atoms with Crippen molar-refractivity contribution in [1.29, 1.82) is 0 Å². The Morgan fingerprint density at radius 3 is 2.88 bits per heavy atom. The molecule has 2 fully saturated rings. The van der Waals surface area contributed by atoms with Crippen LogP contribution in [0.4, 0.5) is 13.2 Å². The lowest BCUT2D eigenvalue weighted by Gasteiger charge is -2.47. The van der Waals surface area contributed by atoms with Gasteiger partial charge in [0, 0.05) is 61.1 Å². The maximum atomic E-state index is 13.6. The fourth-order valence-electron chi connectivity index (χ4n) is 5.74. The molecule has 0 radical (unpaired) electrons. The molecule has 0 amide bonds. The van der Waals surface area contributed by atoms with Gasteiger partial charge in [0.2, 0.25) is 0 Å². The third-order valence-corrected chi connectivity index (χ3v) is 9.10. The first-order chi connectivity index (χ1) is 16.3. The van der Waals surface area contributed by atoms with Crippen LogP contribution >= 0.6 is 11.3 Å². The van der Waals surface area contributed by atoms with Gasteiger partial charge >= 0.3 is 6.18 Å². The van der Waals surface area contributed by atoms with Gasteiger partial charge in [-0.2, -0.15) is 18.3 Å². The molecule has 6 nitrogen and oxygen atoms in total. The second-order valence-corrected chi connectivity index (χ2v) is 10.9. The number of piperidine rings is 1. The van der Waals surface area contributed by atoms with Gasteiger partial charge in [0.05, 0.1) is 19.4 Å². The van der Waals surface area contributed by atoms with E-state index in [1.54, 1.807) is 0 Å². The summed E-state index contributed by atoms with van der Waals surface area (Å²) in [7, 11) is 0. The smallest absolute Gasteiger partial charge is 0.392 e. The Morgan fingerprint density at radius 2 is 2.18 bits per heavy atom. The van der Waals surface area contributed by atoms with Gasteiger partial charge in [0.25, 0.3) is 0 Å². The van der Waals surface area contributed by atoms with Gasteiger partial charge in [0.1, 0.15) is 10.5 Å². The van der Waals surface area contributed by atoms with Crippen LogP contribution in [-0.2, 0) is 47.4 Å². The summed E-state index contributed by atoms with van der Waals surface area (Å²) in [5.41, 5.74) is 1.14. The Labute approximate surface area is 201 Å². The molecule has 188 valence electrons. The van der Waals surface area contributed by atoms with Crippen LogP contribution < -0.4 is 0 Å². The molecule has 0 bridgehead atoms. The molecule has 0 aliphatic carbocycles. The fourth-order valence-corrected chi connectivity index (χ4v) is 7.15. The van der Waals surface area contributed by atoms with Crippen LogP contribution in [0.5, 0.6) is 0 Å². The summed E-state index contributed by atoms with van der Waals surface area (Å²) in [4.78, 5) is 2.36. The van der Waals surface area contributed by atoms with Crippen molar-refractivity contribution in [3.8, 4) is 0 Å². The highest BCUT2D eigenvalue weighted by Gasteiger charge is 2.48. The minimum Gasteiger partial charge on any atom is -0.392 e. The summed E-state index contributed by atoms with van der Waals surface area (Å²) >= 11 is 0.774. The summed E-state index contributed by atoms with van der Waals surface area (Å²) in [5, 5.41) is 14.2. The maximum Gasteiger partial charge on any atom is 0.425 e. The van der Waals surface area contributed by atoms with Crippen LogP contribution in [0.2, 0.25) is 0 Å². The van der Waals surface area contributed by atoms with Crippen molar-refractivity contribution in [3.63, 3.8) is 0 Å². The normalized spacial score (nSPS) is 28.0. The molecule has 1 unspecified atom stereocenters. The van der Waals surface area contributed by atoms with Gasteiger partial charge in [-0.25, -0.2) is 0 Å². The molecule has 10 heteroatoms. The number of aliphatic hydroxyl groups is 1. The van der Waals surface area contributed by atoms with Crippen LogP contribution in [-0.4, -0.2) is 52.2 Å². The zero-order valence-electron chi connectivity index (χ0n) is 19.4. The first kappa shape index (κ1) is 24.2. The number of aliphatic hydroxyl groups excluding tert-OH is 1. The number of nitrogens with zero attached hydrogens (tertiary/aromatic N) is 3. The Kier molecular flexibility index (Phi) is 6.80. The van der Waals surface area contributed by atoms with Crippen molar-refractivity contribution in [2.24, 2.45) is 5.92 Å². The summed E-state index contributed by atoms with van der Waals surface area (Å²) in [6.07, 6.45) is 3.45. The van der Waals surface area contributed by atoms with Gasteiger partial charge in [-0.3, -0.25) is 9.58 Å². The van der Waals surface area contributed by atoms with Crippen molar-refractivity contribution in [3.05, 3.63) is 38.8 Å². The lowest BCUT2D eigenvalue weighted by Crippen LogP contribution is -2.50. The summed E-state index contributed by atoms with van der Waals surface area (Å²) in [6, 6.07) is 0.146. The van der Waals surface area contributed by atoms with Crippen LogP contribution in [0.15, 0.2) is 12.4 Å². The van der Waals surface area contributed by atoms with Crippen molar-refractivity contribution in [2.45, 2.75) is 76.5 Å². The molecule has 1 N–H and O–H groups in total. The maximum absolute atomic E-state index is 13.6. The molecule has 3 aliphatic heterocycles. The predicted octanol–water partition coefficient (Wildman–Crippen LogP) is 4.33. The van der Waals surface area contributed by atoms with Crippen LogP contribution in [0, 0.1) is 5.92 Å². The molecule has 2 aromatic rings. The van der Waals surface area contributed by atoms with Crippen LogP contribution in [0.1, 0.15) is 59.1 Å². The first-order valence-corrected chi connectivity index (χ1v) is 12.9. The molecule has 3 atom stereocenters. The second-order valence-electron chi connectivity index (χ2n) is 9.87. The number of aryl methyl sites for hydroxylation is 1. The number of aromatic nitrogens is 2. The number of alkyl halides is 3. The molecule has 1 spiro atoms. The van der Waals surface area contributed by atoms with E-state index in [0.29, 0.717) is 42.2 Å². The second kappa shape index (κ2) is 9.54. The number of thiophene rings is 1. The van der Waals surface area contributed by atoms with Crippen LogP contribution in [0.25, 0.3) is 0 Å². The molecule has 5 heterocycles. The minimum atomic E-state index is -4.46. The Hall–Kier alpha value is -1.46. The van der Waals surface area contributed by atoms with E-state index in [9.17, 15) is 18.3 Å². The Bertz CT molecular complexity index is 1000. The van der Waals surface area contributed by atoms with Gasteiger partial charge < -0.3 is 14.6 Å². The highest BCUT2D eigenvalue weighted by Crippen LogP contribution is 2.51. The van der Waals surface area contributed by atoms with Gasteiger partial charge in [-0.1, -0.05) is 0 Å². The SMILES string of the molecule is C[C@H]1C[C@@]2(CCN1Cc1cnn(CCC3CCOC3)c1)OCCc1c2sc(C(F)(F)F)c1CO. The summed E-state index contributed by atoms with van der Waals surface area (Å²) in [5.74, 6) is 0.618. The van der Waals surface area contributed by atoms with Crippen LogP contribution in [0.3, 0.4) is 0 Å². The molecule has 34 heavy (non-hydrogen) atoms. The van der Waals surface area contributed by atoms with E-state index in [2.05, 4.69) is 23.1 Å². The van der Waals surface area contributed by atoms with Crippen molar-refractivity contribution < 1.29 is 27.8 Å². The van der Waals surface area contributed by atoms with Gasteiger partial charge in [0.15, 0.2) is 0 Å². The number of rotatable bonds is 6. The first-order valence-electron chi connectivity index (χ1n) is 12.1. The minimum absolute atomic E-state index is 0.0434. The zero-order valence-corrected chi connectivity index (χ0v) is 20.3. The third-order valence-electron chi connectivity index (χ3n) is 7.59. The van der Waals surface area contributed by atoms with E-state index < -0.39 is 23.3 Å². The molecular weight excluding hydrogens is 467 g/mol. The molecule has 5 rings (SSSR count). The lowest BCUT2D eigenvalue weighted by molar-refractivity contribution is -0.135. The summed E-state index contributed by atoms with van der Waals surface area (Å²) in [6.45, 7) is 6.01. The third kappa shape index (κ3) is 4.67. The molecule has 2 saturated heterocycles. The number of hydrogen-bond donors (Lipinski definition) is 1. The van der Waals surface area contributed by atoms with Crippen molar-refractivity contribution in [1.82, 2.24) is 14.7 Å². The quantitative estimate of drug-likeness (QED) is 0.641.